The summed E-state index contributed by atoms with van der Waals surface area (Å²) in [4.78, 5) is 17.1. The first-order valence-corrected chi connectivity index (χ1v) is 5.99. The normalized spacial score (nSPS) is 18.7. The first-order chi connectivity index (χ1) is 8.54. The molecular formula is C12H12ClN3O2. The number of aromatic nitrogens is 1. The molecule has 1 atom stereocenters. The van der Waals surface area contributed by atoms with Gasteiger partial charge in [0.1, 0.15) is 17.9 Å². The predicted molar refractivity (Wildman–Crippen MR) is 66.7 cm³/mol. The third kappa shape index (κ3) is 2.12. The maximum absolute atomic E-state index is 11.1. The molecule has 2 heterocycles. The van der Waals surface area contributed by atoms with Gasteiger partial charge in [0.15, 0.2) is 0 Å². The predicted octanol–water partition coefficient (Wildman–Crippen LogP) is 1.97. The SMILES string of the molecule is Cc1nc(N2CCC[C@H]2C(=O)O)c(Cl)cc1C#N. The number of carbonyl (C=O) groups is 1. The summed E-state index contributed by atoms with van der Waals surface area (Å²) in [6.07, 6.45) is 1.39. The van der Waals surface area contributed by atoms with Gasteiger partial charge in [0.25, 0.3) is 0 Å². The van der Waals surface area contributed by atoms with E-state index in [1.165, 1.54) is 6.07 Å². The second-order valence-corrected chi connectivity index (χ2v) is 4.64. The zero-order chi connectivity index (χ0) is 13.3. The van der Waals surface area contributed by atoms with Gasteiger partial charge in [-0.25, -0.2) is 9.78 Å². The Morgan fingerprint density at radius 3 is 3.06 bits per heavy atom. The van der Waals surface area contributed by atoms with Crippen LogP contribution in [0.3, 0.4) is 0 Å². The molecule has 1 aromatic heterocycles. The number of halogens is 1. The van der Waals surface area contributed by atoms with Crippen molar-refractivity contribution in [3.63, 3.8) is 0 Å². The van der Waals surface area contributed by atoms with Crippen LogP contribution in [0.1, 0.15) is 24.1 Å². The molecule has 18 heavy (non-hydrogen) atoms. The van der Waals surface area contributed by atoms with Crippen molar-refractivity contribution in [2.75, 3.05) is 11.4 Å². The Kier molecular flexibility index (Phi) is 3.39. The second kappa shape index (κ2) is 4.83. The van der Waals surface area contributed by atoms with E-state index in [0.29, 0.717) is 35.1 Å². The van der Waals surface area contributed by atoms with Gasteiger partial charge in [0, 0.05) is 6.54 Å². The van der Waals surface area contributed by atoms with Gasteiger partial charge < -0.3 is 10.0 Å². The first kappa shape index (κ1) is 12.7. The zero-order valence-corrected chi connectivity index (χ0v) is 10.6. The highest BCUT2D eigenvalue weighted by atomic mass is 35.5. The summed E-state index contributed by atoms with van der Waals surface area (Å²) in [5.41, 5.74) is 0.975. The highest BCUT2D eigenvalue weighted by molar-refractivity contribution is 6.33. The minimum absolute atomic E-state index is 0.324. The largest absolute Gasteiger partial charge is 0.480 e. The molecule has 1 aromatic rings. The molecule has 0 saturated carbocycles. The average molecular weight is 266 g/mol. The molecule has 1 saturated heterocycles. The number of rotatable bonds is 2. The van der Waals surface area contributed by atoms with Crippen LogP contribution >= 0.6 is 11.6 Å². The van der Waals surface area contributed by atoms with Crippen molar-refractivity contribution in [2.24, 2.45) is 0 Å². The number of pyridine rings is 1. The fourth-order valence-corrected chi connectivity index (χ4v) is 2.42. The van der Waals surface area contributed by atoms with E-state index < -0.39 is 12.0 Å². The maximum atomic E-state index is 11.1. The zero-order valence-electron chi connectivity index (χ0n) is 9.85. The lowest BCUT2D eigenvalue weighted by molar-refractivity contribution is -0.138. The molecule has 5 nitrogen and oxygen atoms in total. The van der Waals surface area contributed by atoms with Crippen LogP contribution < -0.4 is 4.90 Å². The van der Waals surface area contributed by atoms with Crippen LogP contribution in [-0.2, 0) is 4.79 Å². The van der Waals surface area contributed by atoms with Gasteiger partial charge in [-0.1, -0.05) is 11.6 Å². The Hall–Kier alpha value is -1.80. The molecule has 1 aliphatic rings. The van der Waals surface area contributed by atoms with E-state index in [-0.39, 0.29) is 0 Å². The van der Waals surface area contributed by atoms with Crippen LogP contribution in [0, 0.1) is 18.3 Å². The van der Waals surface area contributed by atoms with Crippen molar-refractivity contribution in [3.8, 4) is 6.07 Å². The quantitative estimate of drug-likeness (QED) is 0.885. The maximum Gasteiger partial charge on any atom is 0.326 e. The third-order valence-corrected chi connectivity index (χ3v) is 3.36. The molecule has 1 fully saturated rings. The van der Waals surface area contributed by atoms with Gasteiger partial charge in [0.05, 0.1) is 16.3 Å². The Bertz CT molecular complexity index is 539. The van der Waals surface area contributed by atoms with Crippen LogP contribution in [0.2, 0.25) is 5.02 Å². The van der Waals surface area contributed by atoms with Crippen LogP contribution in [-0.4, -0.2) is 28.6 Å². The van der Waals surface area contributed by atoms with E-state index in [1.807, 2.05) is 6.07 Å². The number of carboxylic acids is 1. The van der Waals surface area contributed by atoms with Crippen molar-refractivity contribution >= 4 is 23.4 Å². The van der Waals surface area contributed by atoms with Crippen LogP contribution in [0.5, 0.6) is 0 Å². The highest BCUT2D eigenvalue weighted by Gasteiger charge is 2.32. The van der Waals surface area contributed by atoms with Crippen molar-refractivity contribution < 1.29 is 9.90 Å². The van der Waals surface area contributed by atoms with Crippen molar-refractivity contribution in [1.29, 1.82) is 5.26 Å². The van der Waals surface area contributed by atoms with Crippen molar-refractivity contribution in [3.05, 3.63) is 22.3 Å². The van der Waals surface area contributed by atoms with E-state index in [4.69, 9.17) is 22.0 Å². The molecule has 0 spiro atoms. The molecule has 0 radical (unpaired) electrons. The van der Waals surface area contributed by atoms with Crippen LogP contribution in [0.4, 0.5) is 5.82 Å². The molecule has 0 aliphatic carbocycles. The van der Waals surface area contributed by atoms with E-state index in [9.17, 15) is 4.79 Å². The number of aliphatic carboxylic acids is 1. The monoisotopic (exact) mass is 265 g/mol. The lowest BCUT2D eigenvalue weighted by Gasteiger charge is -2.23. The summed E-state index contributed by atoms with van der Waals surface area (Å²) in [6.45, 7) is 2.33. The Balaban J connectivity index is 2.43. The number of aryl methyl sites for hydroxylation is 1. The molecule has 0 bridgehead atoms. The van der Waals surface area contributed by atoms with Gasteiger partial charge in [0.2, 0.25) is 0 Å². The Labute approximate surface area is 110 Å². The number of nitriles is 1. The summed E-state index contributed by atoms with van der Waals surface area (Å²) in [7, 11) is 0. The number of nitrogens with zero attached hydrogens (tertiary/aromatic N) is 3. The molecule has 1 aliphatic heterocycles. The smallest absolute Gasteiger partial charge is 0.326 e. The standard InChI is InChI=1S/C12H12ClN3O2/c1-7-8(6-14)5-9(13)11(15-7)16-4-2-3-10(16)12(17)18/h5,10H,2-4H2,1H3,(H,17,18)/t10-/m0/s1. The Morgan fingerprint density at radius 1 is 1.72 bits per heavy atom. The fourth-order valence-electron chi connectivity index (χ4n) is 2.16. The van der Waals surface area contributed by atoms with Gasteiger partial charge in [-0.05, 0) is 25.8 Å². The summed E-state index contributed by atoms with van der Waals surface area (Å²) < 4.78 is 0. The molecule has 94 valence electrons. The van der Waals surface area contributed by atoms with E-state index in [1.54, 1.807) is 11.8 Å². The van der Waals surface area contributed by atoms with Gasteiger partial charge in [-0.15, -0.1) is 0 Å². The van der Waals surface area contributed by atoms with E-state index >= 15 is 0 Å². The molecular weight excluding hydrogens is 254 g/mol. The lowest BCUT2D eigenvalue weighted by Crippen LogP contribution is -2.36. The molecule has 0 amide bonds. The average Bonchev–Trinajstić information content (AvgIpc) is 2.80. The summed E-state index contributed by atoms with van der Waals surface area (Å²) in [6, 6.07) is 2.96. The number of hydrogen-bond donors (Lipinski definition) is 1. The summed E-state index contributed by atoms with van der Waals surface area (Å²) in [5, 5.41) is 18.3. The highest BCUT2D eigenvalue weighted by Crippen LogP contribution is 2.31. The van der Waals surface area contributed by atoms with Gasteiger partial charge >= 0.3 is 5.97 Å². The minimum Gasteiger partial charge on any atom is -0.480 e. The first-order valence-electron chi connectivity index (χ1n) is 5.61. The van der Waals surface area contributed by atoms with Crippen LogP contribution in [0.25, 0.3) is 0 Å². The van der Waals surface area contributed by atoms with Crippen LogP contribution in [0.15, 0.2) is 6.07 Å². The van der Waals surface area contributed by atoms with Crippen molar-refractivity contribution in [1.82, 2.24) is 4.98 Å². The Morgan fingerprint density at radius 2 is 2.44 bits per heavy atom. The van der Waals surface area contributed by atoms with E-state index in [0.717, 1.165) is 6.42 Å². The summed E-state index contributed by atoms with van der Waals surface area (Å²) >= 11 is 6.08. The number of anilines is 1. The van der Waals surface area contributed by atoms with Crippen molar-refractivity contribution in [2.45, 2.75) is 25.8 Å². The third-order valence-electron chi connectivity index (χ3n) is 3.08. The van der Waals surface area contributed by atoms with Gasteiger partial charge in [-0.2, -0.15) is 5.26 Å². The molecule has 0 unspecified atom stereocenters. The van der Waals surface area contributed by atoms with Gasteiger partial charge in [-0.3, -0.25) is 0 Å². The molecule has 1 N–H and O–H groups in total. The second-order valence-electron chi connectivity index (χ2n) is 4.23. The molecule has 6 heteroatoms. The topological polar surface area (TPSA) is 77.2 Å². The summed E-state index contributed by atoms with van der Waals surface area (Å²) in [5.74, 6) is -0.412. The molecule has 2 rings (SSSR count). The lowest BCUT2D eigenvalue weighted by atomic mass is 10.2. The number of carboxylic acid groups (broad SMARTS) is 1. The van der Waals surface area contributed by atoms with E-state index in [2.05, 4.69) is 4.98 Å². The minimum atomic E-state index is -0.868. The molecule has 0 aromatic carbocycles. The number of hydrogen-bond acceptors (Lipinski definition) is 4. The fraction of sp³-hybridized carbons (Fsp3) is 0.417.